The fraction of sp³-hybridized carbons (Fsp3) is 0.312. The van der Waals surface area contributed by atoms with Crippen LogP contribution in [0.5, 0.6) is 34.8 Å². The zero-order chi connectivity index (χ0) is 33.0. The largest absolute Gasteiger partial charge is 0.504 e. The van der Waals surface area contributed by atoms with Gasteiger partial charge >= 0.3 is 5.97 Å². The second kappa shape index (κ2) is 13.8. The van der Waals surface area contributed by atoms with Gasteiger partial charge in [-0.2, -0.15) is 13.8 Å². The van der Waals surface area contributed by atoms with Gasteiger partial charge in [-0.15, -0.1) is 0 Å². The Morgan fingerprint density at radius 2 is 1.85 bits per heavy atom. The number of carbonyl (C=O) groups is 1. The van der Waals surface area contributed by atoms with Crippen molar-refractivity contribution in [2.45, 2.75) is 38.8 Å². The van der Waals surface area contributed by atoms with Gasteiger partial charge in [0.05, 0.1) is 6.61 Å². The Bertz CT molecular complexity index is 1740. The minimum Gasteiger partial charge on any atom is -0.504 e. The van der Waals surface area contributed by atoms with E-state index in [-0.39, 0.29) is 35.5 Å². The van der Waals surface area contributed by atoms with Gasteiger partial charge in [0.2, 0.25) is 17.4 Å². The molecule has 12 nitrogen and oxygen atoms in total. The number of nitrogens with two attached hydrogens (primary N) is 1. The van der Waals surface area contributed by atoms with Crippen LogP contribution in [0.1, 0.15) is 32.3 Å². The maximum atomic E-state index is 16.0. The van der Waals surface area contributed by atoms with Crippen molar-refractivity contribution in [3.8, 4) is 46.1 Å². The van der Waals surface area contributed by atoms with Crippen molar-refractivity contribution in [1.29, 1.82) is 5.41 Å². The molecule has 1 fully saturated rings. The van der Waals surface area contributed by atoms with Gasteiger partial charge in [-0.05, 0) is 57.0 Å². The van der Waals surface area contributed by atoms with Crippen LogP contribution in [0.25, 0.3) is 11.4 Å². The topological polar surface area (TPSA) is 158 Å². The Hall–Kier alpha value is -5.24. The lowest BCUT2D eigenvalue weighted by Gasteiger charge is -2.35. The molecule has 14 heteroatoms. The van der Waals surface area contributed by atoms with E-state index in [1.165, 1.54) is 18.2 Å². The molecule has 3 heterocycles. The summed E-state index contributed by atoms with van der Waals surface area (Å²) in [4.78, 5) is 22.4. The van der Waals surface area contributed by atoms with Crippen LogP contribution in [0, 0.1) is 17.0 Å². The van der Waals surface area contributed by atoms with Crippen LogP contribution in [0.4, 0.5) is 8.78 Å². The first-order valence-electron chi connectivity index (χ1n) is 14.6. The van der Waals surface area contributed by atoms with Gasteiger partial charge in [0.25, 0.3) is 11.8 Å². The molecule has 4 aromatic rings. The smallest absolute Gasteiger partial charge is 0.323 e. The van der Waals surface area contributed by atoms with Crippen LogP contribution in [0.15, 0.2) is 54.9 Å². The minimum atomic E-state index is -1.26. The van der Waals surface area contributed by atoms with Gasteiger partial charge in [-0.25, -0.2) is 4.98 Å². The molecule has 1 saturated heterocycles. The molecule has 0 amide bonds. The van der Waals surface area contributed by atoms with Crippen LogP contribution in [0.3, 0.4) is 0 Å². The molecular formula is C32H34F2N6O6. The third kappa shape index (κ3) is 7.01. The number of nitrogen functional groups attached to an aromatic ring is 1. The number of aryl methyl sites for hydroxylation is 1. The summed E-state index contributed by atoms with van der Waals surface area (Å²) >= 11 is 0. The number of aromatic hydroxyl groups is 1. The number of phenolic OH excluding ortho intramolecular Hbond substituents is 1. The second-order valence-corrected chi connectivity index (χ2v) is 10.7. The fourth-order valence-electron chi connectivity index (χ4n) is 5.00. The first kappa shape index (κ1) is 32.2. The molecule has 1 aliphatic rings. The number of nitrogens with one attached hydrogen (secondary N) is 1. The van der Waals surface area contributed by atoms with Crippen LogP contribution in [-0.4, -0.2) is 68.2 Å². The summed E-state index contributed by atoms with van der Waals surface area (Å²) in [6.07, 6.45) is 3.53. The Labute approximate surface area is 263 Å². The number of benzene rings is 2. The molecule has 1 aliphatic heterocycles. The summed E-state index contributed by atoms with van der Waals surface area (Å²) in [5.74, 6) is -5.14. The number of pyridine rings is 1. The number of halogens is 2. The standard InChI is InChI=1S/C32H34F2N6O6/c1-4-43-32(42)18(2)40-13-10-21(11-14-40)44-27-25(33)30(45-22-7-5-6-20(16-22)29-37-12-15-39(29)3)38-31(26(27)34)46-24-17-19(28(35)36)8-9-23(24)41/h5-9,12,15-18,21,41H,4,10-11,13-14H2,1-3H3,(H3,35,36). The van der Waals surface area contributed by atoms with Gasteiger partial charge in [0.1, 0.15) is 29.6 Å². The highest BCUT2D eigenvalue weighted by Gasteiger charge is 2.32. The van der Waals surface area contributed by atoms with E-state index < -0.39 is 47.0 Å². The van der Waals surface area contributed by atoms with E-state index in [2.05, 4.69) is 9.97 Å². The SMILES string of the molecule is CCOC(=O)C(C)N1CCC(Oc2c(F)c(Oc3cccc(-c4nccn4C)c3)nc(Oc3cc(C(=N)N)ccc3O)c2F)CC1. The van der Waals surface area contributed by atoms with Crippen LogP contribution in [0.2, 0.25) is 0 Å². The van der Waals surface area contributed by atoms with Gasteiger partial charge < -0.3 is 34.4 Å². The van der Waals surface area contributed by atoms with E-state index in [1.807, 2.05) is 11.9 Å². The van der Waals surface area contributed by atoms with Crippen molar-refractivity contribution in [1.82, 2.24) is 19.4 Å². The van der Waals surface area contributed by atoms with Crippen LogP contribution < -0.4 is 19.9 Å². The minimum absolute atomic E-state index is 0.179. The monoisotopic (exact) mass is 636 g/mol. The highest BCUT2D eigenvalue weighted by Crippen LogP contribution is 2.40. The first-order valence-corrected chi connectivity index (χ1v) is 14.6. The summed E-state index contributed by atoms with van der Waals surface area (Å²) in [7, 11) is 1.82. The number of rotatable bonds is 11. The van der Waals surface area contributed by atoms with E-state index in [4.69, 9.17) is 30.1 Å². The number of amidine groups is 1. The first-order chi connectivity index (χ1) is 22.0. The number of hydrogen-bond acceptors (Lipinski definition) is 10. The van der Waals surface area contributed by atoms with Crippen LogP contribution >= 0.6 is 0 Å². The summed E-state index contributed by atoms with van der Waals surface area (Å²) in [6.45, 7) is 4.60. The van der Waals surface area contributed by atoms with Crippen LogP contribution in [-0.2, 0) is 16.6 Å². The number of hydrogen-bond donors (Lipinski definition) is 3. The number of aromatic nitrogens is 3. The zero-order valence-corrected chi connectivity index (χ0v) is 25.5. The number of piperidine rings is 1. The van der Waals surface area contributed by atoms with Gasteiger partial charge in [0, 0.05) is 43.7 Å². The van der Waals surface area contributed by atoms with Crippen molar-refractivity contribution in [3.05, 3.63) is 72.1 Å². The molecule has 5 rings (SSSR count). The molecule has 1 atom stereocenters. The maximum absolute atomic E-state index is 16.0. The number of esters is 1. The number of likely N-dealkylation sites (tertiary alicyclic amines) is 1. The molecule has 46 heavy (non-hydrogen) atoms. The van der Waals surface area contributed by atoms with Gasteiger partial charge in [0.15, 0.2) is 11.5 Å². The van der Waals surface area contributed by atoms with Gasteiger partial charge in [-0.3, -0.25) is 15.1 Å². The van der Waals surface area contributed by atoms with E-state index in [0.717, 1.165) is 0 Å². The molecule has 0 spiro atoms. The quantitative estimate of drug-likeness (QED) is 0.115. The molecule has 2 aromatic carbocycles. The Morgan fingerprint density at radius 1 is 1.13 bits per heavy atom. The summed E-state index contributed by atoms with van der Waals surface area (Å²) in [6, 6.07) is 10.0. The number of imidazole rings is 1. The lowest BCUT2D eigenvalue weighted by atomic mass is 10.1. The second-order valence-electron chi connectivity index (χ2n) is 10.7. The molecule has 2 aromatic heterocycles. The van der Waals surface area contributed by atoms with E-state index >= 15 is 8.78 Å². The normalized spacial score (nSPS) is 14.5. The van der Waals surface area contributed by atoms with Crippen molar-refractivity contribution < 1.29 is 37.6 Å². The number of phenols is 1. The van der Waals surface area contributed by atoms with Crippen molar-refractivity contribution >= 4 is 11.8 Å². The molecule has 4 N–H and O–H groups in total. The molecule has 0 aliphatic carbocycles. The van der Waals surface area contributed by atoms with E-state index in [1.54, 1.807) is 55.1 Å². The molecular weight excluding hydrogens is 602 g/mol. The molecule has 0 saturated carbocycles. The predicted octanol–water partition coefficient (Wildman–Crippen LogP) is 5.13. The average molecular weight is 637 g/mol. The molecule has 1 unspecified atom stereocenters. The highest BCUT2D eigenvalue weighted by atomic mass is 19.1. The number of carbonyl (C=O) groups excluding carboxylic acids is 1. The molecule has 0 bridgehead atoms. The average Bonchev–Trinajstić information content (AvgIpc) is 3.48. The Kier molecular flexibility index (Phi) is 9.66. The highest BCUT2D eigenvalue weighted by molar-refractivity contribution is 5.95. The Balaban J connectivity index is 1.46. The molecule has 242 valence electrons. The third-order valence-corrected chi connectivity index (χ3v) is 7.52. The maximum Gasteiger partial charge on any atom is 0.323 e. The Morgan fingerprint density at radius 3 is 2.50 bits per heavy atom. The van der Waals surface area contributed by atoms with Crippen molar-refractivity contribution in [2.24, 2.45) is 12.8 Å². The number of ether oxygens (including phenoxy) is 4. The lowest BCUT2D eigenvalue weighted by Crippen LogP contribution is -2.46. The number of nitrogens with zero attached hydrogens (tertiary/aromatic N) is 4. The summed E-state index contributed by atoms with van der Waals surface area (Å²) in [5, 5.41) is 18.1. The summed E-state index contributed by atoms with van der Waals surface area (Å²) < 4.78 is 56.1. The van der Waals surface area contributed by atoms with E-state index in [0.29, 0.717) is 37.3 Å². The van der Waals surface area contributed by atoms with Crippen molar-refractivity contribution in [3.63, 3.8) is 0 Å². The lowest BCUT2D eigenvalue weighted by molar-refractivity contribution is -0.149. The predicted molar refractivity (Wildman–Crippen MR) is 163 cm³/mol. The molecule has 0 radical (unpaired) electrons. The van der Waals surface area contributed by atoms with Crippen molar-refractivity contribution in [2.75, 3.05) is 19.7 Å². The zero-order valence-electron chi connectivity index (χ0n) is 25.5. The van der Waals surface area contributed by atoms with Gasteiger partial charge in [-0.1, -0.05) is 12.1 Å². The summed E-state index contributed by atoms with van der Waals surface area (Å²) in [5.41, 5.74) is 6.43. The fourth-order valence-corrected chi connectivity index (χ4v) is 5.00. The van der Waals surface area contributed by atoms with E-state index in [9.17, 15) is 9.90 Å². The third-order valence-electron chi connectivity index (χ3n) is 7.52.